The molecule has 1 heterocycles. The van der Waals surface area contributed by atoms with Crippen LogP contribution in [0.4, 0.5) is 4.39 Å². The molecule has 146 valence electrons. The molecule has 28 heavy (non-hydrogen) atoms. The molecule has 0 radical (unpaired) electrons. The number of hydrogen-bond acceptors (Lipinski definition) is 4. The normalized spacial score (nSPS) is 12.0. The lowest BCUT2D eigenvalue weighted by Gasteiger charge is -2.13. The van der Waals surface area contributed by atoms with E-state index >= 15 is 0 Å². The number of thioether (sulfide) groups is 1. The van der Waals surface area contributed by atoms with E-state index in [1.54, 1.807) is 18.2 Å². The van der Waals surface area contributed by atoms with Crippen molar-refractivity contribution in [1.82, 2.24) is 20.1 Å². The van der Waals surface area contributed by atoms with E-state index in [0.717, 1.165) is 17.0 Å². The Morgan fingerprint density at radius 3 is 2.61 bits per heavy atom. The Balaban J connectivity index is 1.70. The van der Waals surface area contributed by atoms with Crippen LogP contribution in [-0.4, -0.2) is 25.9 Å². The maximum atomic E-state index is 13.7. The number of hydrogen-bond donors (Lipinski definition) is 1. The largest absolute Gasteiger partial charge is 0.351 e. The summed E-state index contributed by atoms with van der Waals surface area (Å²) in [6.45, 7) is 6.73. The van der Waals surface area contributed by atoms with E-state index in [-0.39, 0.29) is 23.5 Å². The molecule has 7 heteroatoms. The monoisotopic (exact) mass is 398 g/mol. The molecule has 0 aliphatic carbocycles. The molecule has 1 atom stereocenters. The highest BCUT2D eigenvalue weighted by Crippen LogP contribution is 2.28. The number of halogens is 1. The maximum absolute atomic E-state index is 13.7. The third-order valence-electron chi connectivity index (χ3n) is 4.48. The highest BCUT2D eigenvalue weighted by atomic mass is 32.2. The van der Waals surface area contributed by atoms with Crippen LogP contribution in [0.2, 0.25) is 0 Å². The first kappa shape index (κ1) is 20.1. The molecular weight excluding hydrogens is 375 g/mol. The van der Waals surface area contributed by atoms with Gasteiger partial charge in [0, 0.05) is 24.2 Å². The summed E-state index contributed by atoms with van der Waals surface area (Å²) in [5.74, 6) is 0.301. The summed E-state index contributed by atoms with van der Waals surface area (Å²) in [5, 5.41) is 11.7. The van der Waals surface area contributed by atoms with Crippen molar-refractivity contribution in [3.8, 4) is 11.4 Å². The predicted molar refractivity (Wildman–Crippen MR) is 109 cm³/mol. The molecule has 3 rings (SSSR count). The average Bonchev–Trinajstić information content (AvgIpc) is 3.09. The zero-order chi connectivity index (χ0) is 20.1. The van der Waals surface area contributed by atoms with Gasteiger partial charge in [-0.15, -0.1) is 10.2 Å². The summed E-state index contributed by atoms with van der Waals surface area (Å²) in [4.78, 5) is 12.5. The molecule has 0 fully saturated rings. The number of rotatable bonds is 7. The van der Waals surface area contributed by atoms with E-state index in [2.05, 4.69) is 15.5 Å². The van der Waals surface area contributed by atoms with E-state index in [1.165, 1.54) is 17.8 Å². The Hall–Kier alpha value is -2.67. The fourth-order valence-electron chi connectivity index (χ4n) is 2.86. The van der Waals surface area contributed by atoms with Crippen molar-refractivity contribution in [2.45, 2.75) is 44.3 Å². The molecule has 0 spiro atoms. The lowest BCUT2D eigenvalue weighted by atomic mass is 10.1. The number of carbonyl (C=O) groups is 1. The van der Waals surface area contributed by atoms with E-state index in [0.29, 0.717) is 17.3 Å². The van der Waals surface area contributed by atoms with Crippen molar-refractivity contribution in [2.75, 3.05) is 0 Å². The van der Waals surface area contributed by atoms with Crippen LogP contribution in [0.5, 0.6) is 0 Å². The first-order valence-corrected chi connectivity index (χ1v) is 10.1. The van der Waals surface area contributed by atoms with Gasteiger partial charge in [-0.3, -0.25) is 4.79 Å². The Morgan fingerprint density at radius 1 is 1.18 bits per heavy atom. The molecule has 3 aromatic rings. The number of amides is 1. The second-order valence-electron chi connectivity index (χ2n) is 6.43. The fourth-order valence-corrected chi connectivity index (χ4v) is 3.80. The summed E-state index contributed by atoms with van der Waals surface area (Å²) in [6.07, 6.45) is 0. The van der Waals surface area contributed by atoms with Crippen molar-refractivity contribution in [1.29, 1.82) is 0 Å². The summed E-state index contributed by atoms with van der Waals surface area (Å²) in [5.41, 5.74) is 2.61. The van der Waals surface area contributed by atoms with Crippen molar-refractivity contribution >= 4 is 17.7 Å². The topological polar surface area (TPSA) is 59.8 Å². The van der Waals surface area contributed by atoms with Crippen LogP contribution >= 0.6 is 11.8 Å². The Bertz CT molecular complexity index is 973. The molecule has 0 aliphatic heterocycles. The van der Waals surface area contributed by atoms with E-state index in [4.69, 9.17) is 0 Å². The minimum absolute atomic E-state index is 0.158. The molecule has 0 aliphatic rings. The van der Waals surface area contributed by atoms with Gasteiger partial charge in [-0.25, -0.2) is 4.39 Å². The van der Waals surface area contributed by atoms with Gasteiger partial charge in [0.1, 0.15) is 5.82 Å². The van der Waals surface area contributed by atoms with Crippen molar-refractivity contribution in [3.63, 3.8) is 0 Å². The molecule has 1 amide bonds. The lowest BCUT2D eigenvalue weighted by molar-refractivity contribution is -0.120. The SMILES string of the molecule is CCn1c(SC(C)C(=O)NCc2ccccc2F)nnc1-c1ccccc1C. The van der Waals surface area contributed by atoms with Gasteiger partial charge in [0.15, 0.2) is 11.0 Å². The van der Waals surface area contributed by atoms with E-state index in [1.807, 2.05) is 49.6 Å². The van der Waals surface area contributed by atoms with Crippen LogP contribution in [0.15, 0.2) is 53.7 Å². The van der Waals surface area contributed by atoms with Gasteiger partial charge >= 0.3 is 0 Å². The average molecular weight is 399 g/mol. The molecule has 1 unspecified atom stereocenters. The summed E-state index contributed by atoms with van der Waals surface area (Å²) in [7, 11) is 0. The lowest BCUT2D eigenvalue weighted by Crippen LogP contribution is -2.31. The Labute approximate surface area is 168 Å². The summed E-state index contributed by atoms with van der Waals surface area (Å²) < 4.78 is 15.7. The quantitative estimate of drug-likeness (QED) is 0.606. The van der Waals surface area contributed by atoms with E-state index < -0.39 is 0 Å². The zero-order valence-electron chi connectivity index (χ0n) is 16.1. The van der Waals surface area contributed by atoms with Gasteiger partial charge in [0.2, 0.25) is 5.91 Å². The van der Waals surface area contributed by atoms with Gasteiger partial charge in [0.05, 0.1) is 5.25 Å². The molecule has 2 aromatic carbocycles. The third-order valence-corrected chi connectivity index (χ3v) is 5.56. The van der Waals surface area contributed by atoms with Crippen molar-refractivity contribution in [2.24, 2.45) is 0 Å². The number of benzene rings is 2. The number of nitrogens with one attached hydrogen (secondary N) is 1. The summed E-state index contributed by atoms with van der Waals surface area (Å²) >= 11 is 1.35. The summed E-state index contributed by atoms with van der Waals surface area (Å²) in [6, 6.07) is 14.4. The molecule has 1 aromatic heterocycles. The smallest absolute Gasteiger partial charge is 0.233 e. The number of nitrogens with zero attached hydrogens (tertiary/aromatic N) is 3. The van der Waals surface area contributed by atoms with Crippen LogP contribution in [0.3, 0.4) is 0 Å². The van der Waals surface area contributed by atoms with Gasteiger partial charge < -0.3 is 9.88 Å². The fraction of sp³-hybridized carbons (Fsp3) is 0.286. The van der Waals surface area contributed by atoms with Gasteiger partial charge in [0.25, 0.3) is 0 Å². The maximum Gasteiger partial charge on any atom is 0.233 e. The zero-order valence-corrected chi connectivity index (χ0v) is 17.0. The molecule has 0 saturated carbocycles. The minimum Gasteiger partial charge on any atom is -0.351 e. The first-order valence-electron chi connectivity index (χ1n) is 9.18. The van der Waals surface area contributed by atoms with Crippen LogP contribution in [0.25, 0.3) is 11.4 Å². The van der Waals surface area contributed by atoms with Crippen LogP contribution in [-0.2, 0) is 17.9 Å². The van der Waals surface area contributed by atoms with Gasteiger partial charge in [-0.05, 0) is 32.4 Å². The Kier molecular flexibility index (Phi) is 6.46. The standard InChI is InChI=1S/C21H23FN4OS/c1-4-26-19(17-11-7-5-9-14(17)2)24-25-21(26)28-15(3)20(27)23-13-16-10-6-8-12-18(16)22/h5-12,15H,4,13H2,1-3H3,(H,23,27). The molecule has 0 saturated heterocycles. The number of carbonyl (C=O) groups excluding carboxylic acids is 1. The van der Waals surface area contributed by atoms with Crippen molar-refractivity contribution in [3.05, 3.63) is 65.5 Å². The second-order valence-corrected chi connectivity index (χ2v) is 7.74. The van der Waals surface area contributed by atoms with E-state index in [9.17, 15) is 9.18 Å². The van der Waals surface area contributed by atoms with Crippen LogP contribution in [0.1, 0.15) is 25.0 Å². The van der Waals surface area contributed by atoms with Crippen LogP contribution in [0, 0.1) is 12.7 Å². The van der Waals surface area contributed by atoms with Crippen LogP contribution < -0.4 is 5.32 Å². The highest BCUT2D eigenvalue weighted by Gasteiger charge is 2.20. The molecule has 1 N–H and O–H groups in total. The Morgan fingerprint density at radius 2 is 1.89 bits per heavy atom. The van der Waals surface area contributed by atoms with Gasteiger partial charge in [-0.2, -0.15) is 0 Å². The number of aromatic nitrogens is 3. The molecular formula is C21H23FN4OS. The minimum atomic E-state index is -0.383. The predicted octanol–water partition coefficient (Wildman–Crippen LogP) is 4.21. The molecule has 0 bridgehead atoms. The first-order chi connectivity index (χ1) is 13.5. The van der Waals surface area contributed by atoms with Crippen molar-refractivity contribution < 1.29 is 9.18 Å². The second kappa shape index (κ2) is 9.01. The molecule has 5 nitrogen and oxygen atoms in total. The number of aryl methyl sites for hydroxylation is 1. The highest BCUT2D eigenvalue weighted by molar-refractivity contribution is 8.00. The third kappa shape index (κ3) is 4.42. The van der Waals surface area contributed by atoms with Gasteiger partial charge in [-0.1, -0.05) is 54.2 Å².